The van der Waals surface area contributed by atoms with Crippen LogP contribution in [0.4, 0.5) is 0 Å². The molecule has 3 aromatic heterocycles. The number of piperidine rings is 1. The molecular formula is C24H29N5O2S. The lowest BCUT2D eigenvalue weighted by molar-refractivity contribution is 0.0714. The lowest BCUT2D eigenvalue weighted by Crippen LogP contribution is -2.38. The molecule has 4 rings (SSSR count). The molecule has 1 fully saturated rings. The summed E-state index contributed by atoms with van der Waals surface area (Å²) in [6.45, 7) is 6.71. The molecule has 1 N–H and O–H groups in total. The maximum atomic E-state index is 12.9. The summed E-state index contributed by atoms with van der Waals surface area (Å²) in [5.74, 6) is 0.213. The molecule has 0 saturated carbocycles. The molecule has 8 heteroatoms. The molecule has 0 atom stereocenters. The number of nitrogens with zero attached hydrogens (tertiary/aromatic N) is 4. The summed E-state index contributed by atoms with van der Waals surface area (Å²) in [5, 5.41) is 5.00. The smallest absolute Gasteiger partial charge is 0.264 e. The average Bonchev–Trinajstić information content (AvgIpc) is 3.48. The lowest BCUT2D eigenvalue weighted by Gasteiger charge is -2.32. The number of aryl methyl sites for hydroxylation is 3. The number of rotatable bonds is 7. The van der Waals surface area contributed by atoms with Gasteiger partial charge in [-0.2, -0.15) is 0 Å². The van der Waals surface area contributed by atoms with Crippen LogP contribution in [0.2, 0.25) is 0 Å². The summed E-state index contributed by atoms with van der Waals surface area (Å²) >= 11 is 1.50. The Morgan fingerprint density at radius 1 is 1.19 bits per heavy atom. The van der Waals surface area contributed by atoms with Crippen molar-refractivity contribution in [2.45, 2.75) is 45.6 Å². The Morgan fingerprint density at radius 3 is 2.69 bits per heavy atom. The first-order valence-corrected chi connectivity index (χ1v) is 12.0. The third-order valence-corrected chi connectivity index (χ3v) is 6.98. The molecule has 0 aromatic carbocycles. The van der Waals surface area contributed by atoms with Crippen molar-refractivity contribution in [3.8, 4) is 0 Å². The van der Waals surface area contributed by atoms with Gasteiger partial charge in [0.1, 0.15) is 0 Å². The van der Waals surface area contributed by atoms with Crippen LogP contribution in [0.3, 0.4) is 0 Å². The fraction of sp³-hybridized carbons (Fsp3) is 0.417. The molecule has 0 bridgehead atoms. The van der Waals surface area contributed by atoms with Crippen molar-refractivity contribution in [1.29, 1.82) is 0 Å². The molecule has 7 nitrogen and oxygen atoms in total. The molecule has 3 aromatic rings. The topological polar surface area (TPSA) is 80.1 Å². The molecule has 1 aliphatic heterocycles. The monoisotopic (exact) mass is 451 g/mol. The number of likely N-dealkylation sites (tertiary alicyclic amines) is 1. The largest absolute Gasteiger partial charge is 0.352 e. The van der Waals surface area contributed by atoms with Crippen molar-refractivity contribution in [3.05, 3.63) is 69.7 Å². The molecular weight excluding hydrogens is 422 g/mol. The zero-order valence-electron chi connectivity index (χ0n) is 18.6. The van der Waals surface area contributed by atoms with Crippen LogP contribution in [-0.2, 0) is 6.54 Å². The number of aromatic nitrogens is 3. The van der Waals surface area contributed by atoms with Crippen molar-refractivity contribution in [1.82, 2.24) is 24.8 Å². The summed E-state index contributed by atoms with van der Waals surface area (Å²) < 4.78 is 2.00. The van der Waals surface area contributed by atoms with E-state index in [0.29, 0.717) is 25.2 Å². The fourth-order valence-corrected chi connectivity index (χ4v) is 5.04. The van der Waals surface area contributed by atoms with E-state index in [1.807, 2.05) is 53.1 Å². The van der Waals surface area contributed by atoms with E-state index < -0.39 is 0 Å². The first kappa shape index (κ1) is 22.2. The molecule has 168 valence electrons. The Bertz CT molecular complexity index is 1070. The van der Waals surface area contributed by atoms with Gasteiger partial charge in [-0.1, -0.05) is 0 Å². The van der Waals surface area contributed by atoms with Crippen LogP contribution in [0.15, 0.2) is 42.3 Å². The Labute approximate surface area is 192 Å². The molecule has 0 spiro atoms. The second-order valence-electron chi connectivity index (χ2n) is 8.29. The number of imidazole rings is 1. The minimum atomic E-state index is -0.0779. The van der Waals surface area contributed by atoms with Gasteiger partial charge >= 0.3 is 0 Å². The Balaban J connectivity index is 1.37. The predicted octanol–water partition coefficient (Wildman–Crippen LogP) is 3.80. The van der Waals surface area contributed by atoms with E-state index in [-0.39, 0.29) is 17.7 Å². The van der Waals surface area contributed by atoms with Gasteiger partial charge in [-0.25, -0.2) is 4.98 Å². The molecule has 32 heavy (non-hydrogen) atoms. The van der Waals surface area contributed by atoms with Crippen LogP contribution in [0.5, 0.6) is 0 Å². The summed E-state index contributed by atoms with van der Waals surface area (Å²) in [4.78, 5) is 37.3. The van der Waals surface area contributed by atoms with Gasteiger partial charge in [-0.3, -0.25) is 14.6 Å². The van der Waals surface area contributed by atoms with Crippen LogP contribution < -0.4 is 5.32 Å². The minimum absolute atomic E-state index is 0.0779. The molecule has 4 heterocycles. The second-order valence-corrected chi connectivity index (χ2v) is 9.21. The maximum absolute atomic E-state index is 12.9. The van der Waals surface area contributed by atoms with E-state index in [9.17, 15) is 9.59 Å². The van der Waals surface area contributed by atoms with Crippen molar-refractivity contribution in [3.63, 3.8) is 0 Å². The quantitative estimate of drug-likeness (QED) is 0.554. The molecule has 1 aliphatic rings. The van der Waals surface area contributed by atoms with Crippen LogP contribution >= 0.6 is 11.3 Å². The van der Waals surface area contributed by atoms with Crippen molar-refractivity contribution in [2.75, 3.05) is 19.6 Å². The highest BCUT2D eigenvalue weighted by molar-refractivity contribution is 7.12. The standard InChI is InChI=1S/C24H29N5O2S/c1-17-8-15-32-22(17)24(31)29-12-6-19(7-13-29)21-20(5-4-18(2)27-21)23(30)26-9-3-11-28-14-10-25-16-28/h4-5,8,10,14-16,19H,3,6-7,9,11-13H2,1-2H3,(H,26,30). The van der Waals surface area contributed by atoms with Gasteiger partial charge in [0.2, 0.25) is 0 Å². The number of hydrogen-bond donors (Lipinski definition) is 1. The number of amides is 2. The summed E-state index contributed by atoms with van der Waals surface area (Å²) in [6, 6.07) is 5.76. The highest BCUT2D eigenvalue weighted by Gasteiger charge is 2.29. The van der Waals surface area contributed by atoms with Crippen LogP contribution in [0, 0.1) is 13.8 Å². The van der Waals surface area contributed by atoms with E-state index in [1.165, 1.54) is 11.3 Å². The molecule has 1 saturated heterocycles. The van der Waals surface area contributed by atoms with Gasteiger partial charge in [-0.15, -0.1) is 11.3 Å². The molecule has 2 amide bonds. The normalized spacial score (nSPS) is 14.5. The first-order chi connectivity index (χ1) is 15.5. The number of hydrogen-bond acceptors (Lipinski definition) is 5. The summed E-state index contributed by atoms with van der Waals surface area (Å²) in [6.07, 6.45) is 7.91. The first-order valence-electron chi connectivity index (χ1n) is 11.1. The highest BCUT2D eigenvalue weighted by atomic mass is 32.1. The summed E-state index contributed by atoms with van der Waals surface area (Å²) in [7, 11) is 0. The number of nitrogens with one attached hydrogen (secondary N) is 1. The van der Waals surface area contributed by atoms with E-state index in [0.717, 1.165) is 47.6 Å². The zero-order valence-corrected chi connectivity index (χ0v) is 19.4. The third-order valence-electron chi connectivity index (χ3n) is 5.97. The lowest BCUT2D eigenvalue weighted by atomic mass is 9.89. The molecule has 0 aliphatic carbocycles. The van der Waals surface area contributed by atoms with E-state index in [1.54, 1.807) is 12.5 Å². The van der Waals surface area contributed by atoms with Crippen LogP contribution in [-0.4, -0.2) is 50.9 Å². The average molecular weight is 452 g/mol. The maximum Gasteiger partial charge on any atom is 0.264 e. The van der Waals surface area contributed by atoms with E-state index in [4.69, 9.17) is 4.98 Å². The van der Waals surface area contributed by atoms with Crippen LogP contribution in [0.25, 0.3) is 0 Å². The second kappa shape index (κ2) is 10.1. The number of thiophene rings is 1. The van der Waals surface area contributed by atoms with Gasteiger partial charge in [0.05, 0.1) is 22.5 Å². The Morgan fingerprint density at radius 2 is 2.00 bits per heavy atom. The number of carbonyl (C=O) groups excluding carboxylic acids is 2. The van der Waals surface area contributed by atoms with Gasteiger partial charge < -0.3 is 14.8 Å². The zero-order chi connectivity index (χ0) is 22.5. The minimum Gasteiger partial charge on any atom is -0.352 e. The van der Waals surface area contributed by atoms with E-state index >= 15 is 0 Å². The van der Waals surface area contributed by atoms with Gasteiger partial charge in [-0.05, 0) is 62.3 Å². The van der Waals surface area contributed by atoms with Gasteiger partial charge in [0.25, 0.3) is 11.8 Å². The third kappa shape index (κ3) is 5.07. The van der Waals surface area contributed by atoms with Gasteiger partial charge in [0.15, 0.2) is 0 Å². The SMILES string of the molecule is Cc1ccc(C(=O)NCCCn2ccnc2)c(C2CCN(C(=O)c3sccc3C)CC2)n1. The fourth-order valence-electron chi connectivity index (χ4n) is 4.15. The van der Waals surface area contributed by atoms with Crippen molar-refractivity contribution >= 4 is 23.2 Å². The number of pyridine rings is 1. The molecule has 0 radical (unpaired) electrons. The highest BCUT2D eigenvalue weighted by Crippen LogP contribution is 2.31. The number of carbonyl (C=O) groups is 2. The van der Waals surface area contributed by atoms with Crippen molar-refractivity contribution in [2.24, 2.45) is 0 Å². The Kier molecular flexibility index (Phi) is 6.99. The van der Waals surface area contributed by atoms with E-state index in [2.05, 4.69) is 10.3 Å². The summed E-state index contributed by atoms with van der Waals surface area (Å²) in [5.41, 5.74) is 3.45. The Hall–Kier alpha value is -3.00. The molecule has 0 unspecified atom stereocenters. The van der Waals surface area contributed by atoms with Gasteiger partial charge in [0, 0.05) is 50.2 Å². The predicted molar refractivity (Wildman–Crippen MR) is 125 cm³/mol. The van der Waals surface area contributed by atoms with Crippen molar-refractivity contribution < 1.29 is 9.59 Å². The van der Waals surface area contributed by atoms with Crippen LogP contribution in [0.1, 0.15) is 62.2 Å².